The van der Waals surface area contributed by atoms with Crippen molar-refractivity contribution in [2.75, 3.05) is 0 Å². The minimum Gasteiger partial charge on any atom is -0.309 e. The molecule has 0 radical (unpaired) electrons. The van der Waals surface area contributed by atoms with Crippen LogP contribution in [0.5, 0.6) is 0 Å². The third-order valence-electron chi connectivity index (χ3n) is 10.5. The number of rotatable bonds is 3. The summed E-state index contributed by atoms with van der Waals surface area (Å²) in [4.78, 5) is 10.8. The second kappa shape index (κ2) is 10.8. The van der Waals surface area contributed by atoms with Crippen LogP contribution in [0.4, 0.5) is 0 Å². The lowest BCUT2D eigenvalue weighted by molar-refractivity contribution is 1.19. The highest BCUT2D eigenvalue weighted by molar-refractivity contribution is 6.28. The summed E-state index contributed by atoms with van der Waals surface area (Å²) in [5, 5.41) is 12.2. The Morgan fingerprint density at radius 3 is 1.49 bits per heavy atom. The largest absolute Gasteiger partial charge is 0.309 e. The maximum Gasteiger partial charge on any atom is 0.0979 e. The van der Waals surface area contributed by atoms with E-state index < -0.39 is 0 Å². The molecule has 2 heterocycles. The van der Waals surface area contributed by atoms with Crippen LogP contribution < -0.4 is 0 Å². The summed E-state index contributed by atoms with van der Waals surface area (Å²) in [6.07, 6.45) is 0. The number of nitrogens with zero attached hydrogens (tertiary/aromatic N) is 3. The Kier molecular flexibility index (Phi) is 5.96. The normalized spacial score (nSPS) is 11.9. The van der Waals surface area contributed by atoms with Gasteiger partial charge >= 0.3 is 0 Å². The van der Waals surface area contributed by atoms with E-state index in [0.717, 1.165) is 55.4 Å². The van der Waals surface area contributed by atoms with Crippen molar-refractivity contribution in [3.8, 4) is 28.2 Å². The van der Waals surface area contributed by atoms with Crippen LogP contribution in [0, 0.1) is 0 Å². The molecule has 9 aromatic carbocycles. The second-order valence-corrected chi connectivity index (χ2v) is 13.4. The molecule has 11 rings (SSSR count). The van der Waals surface area contributed by atoms with Gasteiger partial charge in [0, 0.05) is 33.0 Å². The first kappa shape index (κ1) is 28.0. The van der Waals surface area contributed by atoms with Crippen molar-refractivity contribution >= 4 is 75.9 Å². The Morgan fingerprint density at radius 2 is 0.843 bits per heavy atom. The SMILES string of the molecule is c1ccc(-c2nc3ccc4ccc5ccc(-n6c7ccc8ccccc8c7c7c8ccccc8ccc76)cc5c4c3nc2-c2ccccc2)cc1. The first-order valence-corrected chi connectivity index (χ1v) is 17.4. The third kappa shape index (κ3) is 4.19. The average molecular weight is 648 g/mol. The van der Waals surface area contributed by atoms with Gasteiger partial charge in [-0.1, -0.05) is 146 Å². The van der Waals surface area contributed by atoms with E-state index in [1.54, 1.807) is 0 Å². The fourth-order valence-corrected chi connectivity index (χ4v) is 8.20. The maximum atomic E-state index is 5.49. The van der Waals surface area contributed by atoms with E-state index in [4.69, 9.17) is 9.97 Å². The van der Waals surface area contributed by atoms with Crippen molar-refractivity contribution in [3.05, 3.63) is 176 Å². The lowest BCUT2D eigenvalue weighted by atomic mass is 9.98. The first-order valence-electron chi connectivity index (χ1n) is 17.4. The topological polar surface area (TPSA) is 30.7 Å². The van der Waals surface area contributed by atoms with Crippen molar-refractivity contribution in [1.82, 2.24) is 14.5 Å². The van der Waals surface area contributed by atoms with E-state index in [9.17, 15) is 0 Å². The summed E-state index contributed by atoms with van der Waals surface area (Å²) in [7, 11) is 0. The molecule has 0 saturated heterocycles. The standard InChI is InChI=1S/C48H29N3/c1-3-13-34(14-4-1)46-47(35-15-5-2-6-16-35)50-48-40(49-46)26-22-33-20-19-32-21-25-36(29-39(32)43(33)48)51-41-27-23-30-11-7-9-17-37(30)44(41)45-38-18-10-8-12-31(38)24-28-42(45)51/h1-29H. The van der Waals surface area contributed by atoms with Crippen LogP contribution >= 0.6 is 0 Å². The summed E-state index contributed by atoms with van der Waals surface area (Å²) in [6, 6.07) is 63.0. The van der Waals surface area contributed by atoms with Gasteiger partial charge in [-0.25, -0.2) is 9.97 Å². The van der Waals surface area contributed by atoms with Gasteiger partial charge in [-0.3, -0.25) is 0 Å². The number of aromatic nitrogens is 3. The zero-order chi connectivity index (χ0) is 33.5. The van der Waals surface area contributed by atoms with E-state index in [1.165, 1.54) is 48.7 Å². The van der Waals surface area contributed by atoms with E-state index in [-0.39, 0.29) is 0 Å². The van der Waals surface area contributed by atoms with Gasteiger partial charge in [-0.2, -0.15) is 0 Å². The Hall–Kier alpha value is -6.84. The highest BCUT2D eigenvalue weighted by atomic mass is 15.0. The fourth-order valence-electron chi connectivity index (χ4n) is 8.20. The number of hydrogen-bond donors (Lipinski definition) is 0. The summed E-state index contributed by atoms with van der Waals surface area (Å²) >= 11 is 0. The van der Waals surface area contributed by atoms with Crippen LogP contribution in [0.3, 0.4) is 0 Å². The van der Waals surface area contributed by atoms with Crippen LogP contribution in [0.1, 0.15) is 0 Å². The molecule has 0 N–H and O–H groups in total. The molecule has 0 aliphatic rings. The van der Waals surface area contributed by atoms with Crippen LogP contribution in [0.2, 0.25) is 0 Å². The van der Waals surface area contributed by atoms with Gasteiger partial charge in [-0.05, 0) is 68.0 Å². The Bertz CT molecular complexity index is 3080. The molecule has 11 aromatic rings. The number of fused-ring (bicyclic) bond motifs is 12. The monoisotopic (exact) mass is 647 g/mol. The highest BCUT2D eigenvalue weighted by Crippen LogP contribution is 2.42. The molecule has 51 heavy (non-hydrogen) atoms. The minimum absolute atomic E-state index is 0.883. The molecule has 0 bridgehead atoms. The van der Waals surface area contributed by atoms with Crippen molar-refractivity contribution < 1.29 is 0 Å². The van der Waals surface area contributed by atoms with E-state index in [1.807, 2.05) is 12.1 Å². The Balaban J connectivity index is 1.25. The molecule has 0 amide bonds. The molecule has 0 unspecified atom stereocenters. The first-order chi connectivity index (χ1) is 25.3. The van der Waals surface area contributed by atoms with Gasteiger partial charge in [0.1, 0.15) is 0 Å². The maximum absolute atomic E-state index is 5.49. The molecule has 0 fully saturated rings. The summed E-state index contributed by atoms with van der Waals surface area (Å²) in [6.45, 7) is 0. The predicted molar refractivity (Wildman–Crippen MR) is 215 cm³/mol. The van der Waals surface area contributed by atoms with Crippen molar-refractivity contribution in [2.45, 2.75) is 0 Å². The highest BCUT2D eigenvalue weighted by Gasteiger charge is 2.19. The van der Waals surface area contributed by atoms with Gasteiger partial charge in [0.2, 0.25) is 0 Å². The molecular weight excluding hydrogens is 619 g/mol. The molecule has 3 heteroatoms. The molecule has 236 valence electrons. The molecule has 0 spiro atoms. The van der Waals surface area contributed by atoms with Gasteiger partial charge in [-0.15, -0.1) is 0 Å². The zero-order valence-electron chi connectivity index (χ0n) is 27.6. The number of benzene rings is 9. The molecule has 0 saturated carbocycles. The Labute approximate surface area is 293 Å². The molecule has 0 atom stereocenters. The Morgan fingerprint density at radius 1 is 0.353 bits per heavy atom. The van der Waals surface area contributed by atoms with Gasteiger partial charge in [0.25, 0.3) is 0 Å². The summed E-state index contributed by atoms with van der Waals surface area (Å²) in [5.41, 5.74) is 9.18. The van der Waals surface area contributed by atoms with E-state index >= 15 is 0 Å². The van der Waals surface area contributed by atoms with Crippen LogP contribution in [-0.2, 0) is 0 Å². The summed E-state index contributed by atoms with van der Waals surface area (Å²) in [5.74, 6) is 0. The zero-order valence-corrected chi connectivity index (χ0v) is 27.6. The minimum atomic E-state index is 0.883. The van der Waals surface area contributed by atoms with Gasteiger partial charge < -0.3 is 4.57 Å². The van der Waals surface area contributed by atoms with Gasteiger partial charge in [0.05, 0.1) is 33.5 Å². The van der Waals surface area contributed by atoms with Crippen molar-refractivity contribution in [2.24, 2.45) is 0 Å². The molecule has 3 nitrogen and oxygen atoms in total. The third-order valence-corrected chi connectivity index (χ3v) is 10.5. The van der Waals surface area contributed by atoms with Crippen molar-refractivity contribution in [1.29, 1.82) is 0 Å². The predicted octanol–water partition coefficient (Wildman–Crippen LogP) is 12.7. The van der Waals surface area contributed by atoms with Crippen LogP contribution in [0.15, 0.2) is 176 Å². The van der Waals surface area contributed by atoms with E-state index in [0.29, 0.717) is 0 Å². The fraction of sp³-hybridized carbons (Fsp3) is 0. The average Bonchev–Trinajstić information content (AvgIpc) is 3.56. The van der Waals surface area contributed by atoms with Crippen molar-refractivity contribution in [3.63, 3.8) is 0 Å². The molecular formula is C48H29N3. The van der Waals surface area contributed by atoms with E-state index in [2.05, 4.69) is 168 Å². The molecule has 2 aromatic heterocycles. The second-order valence-electron chi connectivity index (χ2n) is 13.4. The lowest BCUT2D eigenvalue weighted by Crippen LogP contribution is -1.97. The quantitative estimate of drug-likeness (QED) is 0.179. The number of hydrogen-bond acceptors (Lipinski definition) is 2. The molecule has 0 aliphatic carbocycles. The lowest BCUT2D eigenvalue weighted by Gasteiger charge is -2.14. The smallest absolute Gasteiger partial charge is 0.0979 e. The molecule has 0 aliphatic heterocycles. The van der Waals surface area contributed by atoms with Crippen LogP contribution in [-0.4, -0.2) is 14.5 Å². The van der Waals surface area contributed by atoms with Gasteiger partial charge in [0.15, 0.2) is 0 Å². The summed E-state index contributed by atoms with van der Waals surface area (Å²) < 4.78 is 2.45. The van der Waals surface area contributed by atoms with Crippen LogP contribution in [0.25, 0.3) is 104 Å².